The maximum Gasteiger partial charge on any atom is 0.511 e. The van der Waals surface area contributed by atoms with Crippen LogP contribution in [0, 0.1) is 0 Å². The van der Waals surface area contributed by atoms with Gasteiger partial charge in [0, 0.05) is 31.2 Å². The van der Waals surface area contributed by atoms with Gasteiger partial charge < -0.3 is 9.64 Å². The molecule has 1 unspecified atom stereocenters. The molecule has 35 heavy (non-hydrogen) atoms. The number of carbonyl (C=O) groups excluding carboxylic acids is 1. The number of hydrogen-bond acceptors (Lipinski definition) is 4. The molecule has 0 spiro atoms. The second-order valence-electron chi connectivity index (χ2n) is 8.30. The minimum absolute atomic E-state index is 0.123. The first-order valence-electron chi connectivity index (χ1n) is 10.6. The van der Waals surface area contributed by atoms with Crippen molar-refractivity contribution in [1.82, 2.24) is 9.21 Å². The van der Waals surface area contributed by atoms with Crippen LogP contribution in [0.2, 0.25) is 0 Å². The van der Waals surface area contributed by atoms with Crippen molar-refractivity contribution in [3.8, 4) is 11.5 Å². The molecule has 0 bridgehead atoms. The lowest BCUT2D eigenvalue weighted by molar-refractivity contribution is -0.137. The molecular formula is C22H20F6N2O4S. The lowest BCUT2D eigenvalue weighted by Crippen LogP contribution is -2.55. The average molecular weight is 522 g/mol. The summed E-state index contributed by atoms with van der Waals surface area (Å²) in [5, 5.41) is 0. The monoisotopic (exact) mass is 522 g/mol. The topological polar surface area (TPSA) is 66.9 Å². The molecule has 2 aliphatic heterocycles. The summed E-state index contributed by atoms with van der Waals surface area (Å²) in [6.07, 6.45) is -3.56. The van der Waals surface area contributed by atoms with Gasteiger partial charge in [-0.05, 0) is 61.2 Å². The van der Waals surface area contributed by atoms with E-state index in [9.17, 15) is 39.6 Å². The van der Waals surface area contributed by atoms with Gasteiger partial charge in [-0.1, -0.05) is 6.07 Å². The number of sulfonamides is 1. The summed E-state index contributed by atoms with van der Waals surface area (Å²) >= 11 is 0. The Balaban J connectivity index is 1.51. The molecule has 1 amide bonds. The van der Waals surface area contributed by atoms with Gasteiger partial charge >= 0.3 is 21.7 Å². The van der Waals surface area contributed by atoms with Crippen LogP contribution in [0.15, 0.2) is 42.5 Å². The Morgan fingerprint density at radius 2 is 1.57 bits per heavy atom. The Labute approximate surface area is 197 Å². The van der Waals surface area contributed by atoms with E-state index in [1.54, 1.807) is 12.1 Å². The number of nitrogens with zero attached hydrogens (tertiary/aromatic N) is 2. The van der Waals surface area contributed by atoms with Crippen molar-refractivity contribution in [3.05, 3.63) is 59.2 Å². The number of rotatable bonds is 4. The zero-order chi connectivity index (χ0) is 25.6. The molecule has 2 aliphatic rings. The first-order valence-corrected chi connectivity index (χ1v) is 12.1. The summed E-state index contributed by atoms with van der Waals surface area (Å²) in [6, 6.07) is 7.94. The van der Waals surface area contributed by atoms with Gasteiger partial charge in [-0.2, -0.15) is 30.6 Å². The molecule has 4 rings (SSSR count). The molecule has 2 heterocycles. The minimum atomic E-state index is -5.50. The molecule has 190 valence electrons. The predicted octanol–water partition coefficient (Wildman–Crippen LogP) is 4.81. The number of halogens is 6. The van der Waals surface area contributed by atoms with Crippen LogP contribution >= 0.6 is 0 Å². The summed E-state index contributed by atoms with van der Waals surface area (Å²) in [7, 11) is -5.50. The van der Waals surface area contributed by atoms with Gasteiger partial charge in [0.1, 0.15) is 11.5 Å². The number of alkyl halides is 6. The van der Waals surface area contributed by atoms with Crippen LogP contribution < -0.4 is 4.74 Å². The minimum Gasteiger partial charge on any atom is -0.457 e. The SMILES string of the molecule is O=C1c2cc(Oc3ccc(C(F)(F)F)cc3)ccc2CCN1C1CCCN(S(=O)(=O)C(F)(F)F)C1. The van der Waals surface area contributed by atoms with E-state index in [1.165, 1.54) is 11.0 Å². The van der Waals surface area contributed by atoms with Crippen LogP contribution in [-0.4, -0.2) is 54.7 Å². The lowest BCUT2D eigenvalue weighted by Gasteiger charge is -2.40. The van der Waals surface area contributed by atoms with Crippen molar-refractivity contribution >= 4 is 15.9 Å². The Morgan fingerprint density at radius 3 is 2.20 bits per heavy atom. The normalized spacial score (nSPS) is 20.0. The predicted molar refractivity (Wildman–Crippen MR) is 112 cm³/mol. The largest absolute Gasteiger partial charge is 0.511 e. The Morgan fingerprint density at radius 1 is 0.914 bits per heavy atom. The molecule has 0 saturated carbocycles. The fraction of sp³-hybridized carbons (Fsp3) is 0.409. The van der Waals surface area contributed by atoms with E-state index in [0.29, 0.717) is 22.7 Å². The highest BCUT2D eigenvalue weighted by atomic mass is 32.2. The molecular weight excluding hydrogens is 502 g/mol. The summed E-state index contributed by atoms with van der Waals surface area (Å²) in [5.41, 5.74) is -5.33. The highest BCUT2D eigenvalue weighted by molar-refractivity contribution is 7.90. The Hall–Kier alpha value is -2.80. The van der Waals surface area contributed by atoms with Gasteiger partial charge in [-0.25, -0.2) is 8.42 Å². The Bertz CT molecular complexity index is 1210. The number of carbonyl (C=O) groups is 1. The fourth-order valence-electron chi connectivity index (χ4n) is 4.27. The molecule has 0 aliphatic carbocycles. The van der Waals surface area contributed by atoms with E-state index >= 15 is 0 Å². The second kappa shape index (κ2) is 9.01. The molecule has 6 nitrogen and oxygen atoms in total. The quantitative estimate of drug-likeness (QED) is 0.541. The third-order valence-corrected chi connectivity index (χ3v) is 7.64. The van der Waals surface area contributed by atoms with E-state index in [0.717, 1.165) is 24.3 Å². The summed E-state index contributed by atoms with van der Waals surface area (Å²) in [4.78, 5) is 14.6. The van der Waals surface area contributed by atoms with E-state index in [4.69, 9.17) is 4.74 Å². The zero-order valence-electron chi connectivity index (χ0n) is 18.1. The van der Waals surface area contributed by atoms with Gasteiger partial charge in [0.15, 0.2) is 0 Å². The van der Waals surface area contributed by atoms with Crippen LogP contribution in [0.3, 0.4) is 0 Å². The molecule has 1 saturated heterocycles. The third kappa shape index (κ3) is 5.10. The first-order chi connectivity index (χ1) is 16.3. The summed E-state index contributed by atoms with van der Waals surface area (Å²) < 4.78 is 107. The maximum atomic E-state index is 13.2. The first kappa shape index (κ1) is 25.3. The lowest BCUT2D eigenvalue weighted by atomic mass is 9.95. The molecule has 1 atom stereocenters. The summed E-state index contributed by atoms with van der Waals surface area (Å²) in [5.74, 6) is -0.151. The molecule has 0 N–H and O–H groups in total. The highest BCUT2D eigenvalue weighted by Crippen LogP contribution is 2.34. The van der Waals surface area contributed by atoms with Crippen LogP contribution in [-0.2, 0) is 22.6 Å². The zero-order valence-corrected chi connectivity index (χ0v) is 18.9. The molecule has 1 fully saturated rings. The second-order valence-corrected chi connectivity index (χ2v) is 10.2. The number of fused-ring (bicyclic) bond motifs is 1. The van der Waals surface area contributed by atoms with E-state index in [1.807, 2.05) is 0 Å². The number of piperidine rings is 1. The van der Waals surface area contributed by atoms with Crippen LogP contribution in [0.5, 0.6) is 11.5 Å². The fourth-order valence-corrected chi connectivity index (χ4v) is 5.30. The number of ether oxygens (including phenoxy) is 1. The van der Waals surface area contributed by atoms with Crippen LogP contribution in [0.1, 0.15) is 34.3 Å². The average Bonchev–Trinajstić information content (AvgIpc) is 2.79. The van der Waals surface area contributed by atoms with E-state index in [2.05, 4.69) is 0 Å². The van der Waals surface area contributed by atoms with Crippen LogP contribution in [0.25, 0.3) is 0 Å². The molecule has 13 heteroatoms. The van der Waals surface area contributed by atoms with Gasteiger partial charge in [0.25, 0.3) is 5.91 Å². The van der Waals surface area contributed by atoms with Crippen molar-refractivity contribution < 1.29 is 44.3 Å². The molecule has 2 aromatic carbocycles. The van der Waals surface area contributed by atoms with Crippen molar-refractivity contribution in [1.29, 1.82) is 0 Å². The highest BCUT2D eigenvalue weighted by Gasteiger charge is 2.51. The Kier molecular flexibility index (Phi) is 6.51. The maximum absolute atomic E-state index is 13.2. The van der Waals surface area contributed by atoms with Crippen molar-refractivity contribution in [2.75, 3.05) is 19.6 Å². The number of amides is 1. The molecule has 0 aromatic heterocycles. The number of benzene rings is 2. The van der Waals surface area contributed by atoms with Gasteiger partial charge in [0.2, 0.25) is 0 Å². The number of hydrogen-bond donors (Lipinski definition) is 0. The van der Waals surface area contributed by atoms with E-state index < -0.39 is 45.8 Å². The summed E-state index contributed by atoms with van der Waals surface area (Å²) in [6.45, 7) is -0.512. The third-order valence-electron chi connectivity index (χ3n) is 6.04. The van der Waals surface area contributed by atoms with Crippen molar-refractivity contribution in [3.63, 3.8) is 0 Å². The smallest absolute Gasteiger partial charge is 0.457 e. The van der Waals surface area contributed by atoms with Crippen molar-refractivity contribution in [2.45, 2.75) is 37.0 Å². The van der Waals surface area contributed by atoms with Gasteiger partial charge in [-0.3, -0.25) is 4.79 Å². The van der Waals surface area contributed by atoms with Crippen molar-refractivity contribution in [2.24, 2.45) is 0 Å². The van der Waals surface area contributed by atoms with Crippen LogP contribution in [0.4, 0.5) is 26.3 Å². The van der Waals surface area contributed by atoms with Gasteiger partial charge in [-0.15, -0.1) is 0 Å². The van der Waals surface area contributed by atoms with E-state index in [-0.39, 0.29) is 36.6 Å². The molecule has 2 aromatic rings. The molecule has 0 radical (unpaired) electrons. The van der Waals surface area contributed by atoms with Gasteiger partial charge in [0.05, 0.1) is 5.56 Å². The standard InChI is InChI=1S/C22H20F6N2O4S/c23-21(24,25)15-4-7-17(8-5-15)34-18-6-3-14-9-11-30(20(31)19(14)12-18)16-2-1-10-29(13-16)35(32,33)22(26,27)28/h3-8,12,16H,1-2,9-11,13H2.